The zero-order chi connectivity index (χ0) is 20.9. The molecule has 0 radical (unpaired) electrons. The van der Waals surface area contributed by atoms with E-state index in [0.29, 0.717) is 37.9 Å². The van der Waals surface area contributed by atoms with Gasteiger partial charge in [0.05, 0.1) is 18.1 Å². The Labute approximate surface area is 172 Å². The Balaban J connectivity index is 1.67. The Bertz CT molecular complexity index is 976. The topological polar surface area (TPSA) is 75.7 Å². The summed E-state index contributed by atoms with van der Waals surface area (Å²) >= 11 is 0. The van der Waals surface area contributed by atoms with E-state index in [1.54, 1.807) is 18.2 Å². The van der Waals surface area contributed by atoms with Crippen LogP contribution in [0.5, 0.6) is 0 Å². The van der Waals surface area contributed by atoms with Crippen molar-refractivity contribution in [2.75, 3.05) is 31.6 Å². The fourth-order valence-corrected chi connectivity index (χ4v) is 4.47. The molecule has 1 N–H and O–H groups in total. The monoisotopic (exact) mass is 414 g/mol. The van der Waals surface area contributed by atoms with E-state index in [0.717, 1.165) is 5.56 Å². The Kier molecular flexibility index (Phi) is 6.84. The van der Waals surface area contributed by atoms with E-state index in [1.807, 2.05) is 24.3 Å². The summed E-state index contributed by atoms with van der Waals surface area (Å²) in [6, 6.07) is 14.3. The third-order valence-electron chi connectivity index (χ3n) is 4.74. The first kappa shape index (κ1) is 21.2. The number of anilines is 1. The lowest BCUT2D eigenvalue weighted by atomic mass is 10.0. The zero-order valence-electron chi connectivity index (χ0n) is 16.7. The van der Waals surface area contributed by atoms with Crippen molar-refractivity contribution in [2.45, 2.75) is 24.7 Å². The highest BCUT2D eigenvalue weighted by molar-refractivity contribution is 7.89. The van der Waals surface area contributed by atoms with E-state index >= 15 is 0 Å². The molecule has 3 rings (SSSR count). The molecule has 0 bridgehead atoms. The van der Waals surface area contributed by atoms with Crippen LogP contribution in [-0.4, -0.2) is 44.9 Å². The van der Waals surface area contributed by atoms with Crippen LogP contribution in [-0.2, 0) is 19.6 Å². The summed E-state index contributed by atoms with van der Waals surface area (Å²) in [5.41, 5.74) is 2.60. The van der Waals surface area contributed by atoms with Crippen LogP contribution in [0.3, 0.4) is 0 Å². The Morgan fingerprint density at radius 3 is 2.45 bits per heavy atom. The summed E-state index contributed by atoms with van der Waals surface area (Å²) in [5.74, 6) is 0.135. The van der Waals surface area contributed by atoms with Crippen LogP contribution in [0.2, 0.25) is 0 Å². The van der Waals surface area contributed by atoms with Crippen molar-refractivity contribution < 1.29 is 17.9 Å². The maximum Gasteiger partial charge on any atom is 0.248 e. The van der Waals surface area contributed by atoms with Crippen molar-refractivity contribution in [3.63, 3.8) is 0 Å². The molecule has 0 unspecified atom stereocenters. The highest BCUT2D eigenvalue weighted by atomic mass is 32.2. The number of nitrogens with zero attached hydrogens (tertiary/aromatic N) is 1. The first-order chi connectivity index (χ1) is 13.9. The Hall–Kier alpha value is -2.48. The molecular weight excluding hydrogens is 388 g/mol. The number of nitrogens with one attached hydrogen (secondary N) is 1. The standard InChI is InChI=1S/C22H26N2O4S/c1-17(2)19-9-6-18(7-10-19)8-11-22(25)23-20-4-3-5-21(16-20)29(26,27)24-12-14-28-15-13-24/h3-11,16-17H,12-15H2,1-2H3,(H,23,25)/b11-8+. The minimum atomic E-state index is -3.60. The van der Waals surface area contributed by atoms with Gasteiger partial charge in [-0.15, -0.1) is 0 Å². The first-order valence-electron chi connectivity index (χ1n) is 9.63. The van der Waals surface area contributed by atoms with E-state index < -0.39 is 10.0 Å². The lowest BCUT2D eigenvalue weighted by Gasteiger charge is -2.26. The van der Waals surface area contributed by atoms with Crippen molar-refractivity contribution in [2.24, 2.45) is 0 Å². The first-order valence-corrected chi connectivity index (χ1v) is 11.1. The van der Waals surface area contributed by atoms with Crippen LogP contribution in [0.1, 0.15) is 30.9 Å². The number of carbonyl (C=O) groups is 1. The molecule has 1 aliphatic heterocycles. The lowest BCUT2D eigenvalue weighted by Crippen LogP contribution is -2.40. The van der Waals surface area contributed by atoms with Gasteiger partial charge in [-0.25, -0.2) is 8.42 Å². The number of carbonyl (C=O) groups excluding carboxylic acids is 1. The van der Waals surface area contributed by atoms with E-state index in [4.69, 9.17) is 4.74 Å². The van der Waals surface area contributed by atoms with Crippen LogP contribution in [0, 0.1) is 0 Å². The van der Waals surface area contributed by atoms with Crippen molar-refractivity contribution in [1.29, 1.82) is 0 Å². The number of hydrogen-bond acceptors (Lipinski definition) is 4. The smallest absolute Gasteiger partial charge is 0.248 e. The molecule has 1 fully saturated rings. The van der Waals surface area contributed by atoms with Gasteiger partial charge in [0, 0.05) is 24.9 Å². The lowest BCUT2D eigenvalue weighted by molar-refractivity contribution is -0.111. The van der Waals surface area contributed by atoms with Crippen molar-refractivity contribution >= 4 is 27.7 Å². The zero-order valence-corrected chi connectivity index (χ0v) is 17.5. The maximum atomic E-state index is 12.8. The predicted octanol–water partition coefficient (Wildman–Crippen LogP) is 3.48. The summed E-state index contributed by atoms with van der Waals surface area (Å²) < 4.78 is 32.1. The van der Waals surface area contributed by atoms with Crippen molar-refractivity contribution in [3.8, 4) is 0 Å². The van der Waals surface area contributed by atoms with E-state index in [2.05, 4.69) is 19.2 Å². The van der Waals surface area contributed by atoms with Crippen LogP contribution < -0.4 is 5.32 Å². The Morgan fingerprint density at radius 1 is 1.10 bits per heavy atom. The molecule has 29 heavy (non-hydrogen) atoms. The van der Waals surface area contributed by atoms with Gasteiger partial charge in [0.25, 0.3) is 0 Å². The highest BCUT2D eigenvalue weighted by Crippen LogP contribution is 2.21. The number of hydrogen-bond donors (Lipinski definition) is 1. The predicted molar refractivity (Wildman–Crippen MR) is 114 cm³/mol. The number of rotatable bonds is 6. The number of morpholine rings is 1. The number of amides is 1. The summed E-state index contributed by atoms with van der Waals surface area (Å²) in [6.07, 6.45) is 3.17. The summed E-state index contributed by atoms with van der Waals surface area (Å²) in [5, 5.41) is 2.72. The molecule has 7 heteroatoms. The van der Waals surface area contributed by atoms with Gasteiger partial charge < -0.3 is 10.1 Å². The van der Waals surface area contributed by atoms with Crippen LogP contribution in [0.25, 0.3) is 6.08 Å². The molecule has 0 atom stereocenters. The largest absolute Gasteiger partial charge is 0.379 e. The Morgan fingerprint density at radius 2 is 1.79 bits per heavy atom. The summed E-state index contributed by atoms with van der Waals surface area (Å²) in [4.78, 5) is 12.4. The van der Waals surface area contributed by atoms with E-state index in [-0.39, 0.29) is 10.8 Å². The fraction of sp³-hybridized carbons (Fsp3) is 0.318. The molecular formula is C22H26N2O4S. The van der Waals surface area contributed by atoms with Crippen LogP contribution >= 0.6 is 0 Å². The van der Waals surface area contributed by atoms with Gasteiger partial charge in [-0.1, -0.05) is 44.2 Å². The second kappa shape index (κ2) is 9.35. The second-order valence-corrected chi connectivity index (χ2v) is 9.13. The number of benzene rings is 2. The molecule has 0 aliphatic carbocycles. The molecule has 2 aromatic carbocycles. The molecule has 1 amide bonds. The third kappa shape index (κ3) is 5.53. The summed E-state index contributed by atoms with van der Waals surface area (Å²) in [7, 11) is -3.60. The van der Waals surface area contributed by atoms with Gasteiger partial charge in [0.1, 0.15) is 0 Å². The van der Waals surface area contributed by atoms with Gasteiger partial charge in [-0.05, 0) is 41.3 Å². The van der Waals surface area contributed by atoms with Crippen LogP contribution in [0.4, 0.5) is 5.69 Å². The average Bonchev–Trinajstić information content (AvgIpc) is 2.73. The molecule has 0 aromatic heterocycles. The molecule has 6 nitrogen and oxygen atoms in total. The molecule has 154 valence electrons. The minimum Gasteiger partial charge on any atom is -0.379 e. The molecule has 0 saturated carbocycles. The van der Waals surface area contributed by atoms with Crippen molar-refractivity contribution in [1.82, 2.24) is 4.31 Å². The maximum absolute atomic E-state index is 12.8. The minimum absolute atomic E-state index is 0.158. The molecule has 2 aromatic rings. The van der Waals surface area contributed by atoms with Gasteiger partial charge >= 0.3 is 0 Å². The molecule has 1 aliphatic rings. The molecule has 1 saturated heterocycles. The summed E-state index contributed by atoms with van der Waals surface area (Å²) in [6.45, 7) is 5.70. The average molecular weight is 415 g/mol. The van der Waals surface area contributed by atoms with E-state index in [1.165, 1.54) is 28.1 Å². The fourth-order valence-electron chi connectivity index (χ4n) is 3.02. The van der Waals surface area contributed by atoms with Gasteiger partial charge in [-0.2, -0.15) is 4.31 Å². The number of ether oxygens (including phenoxy) is 1. The van der Waals surface area contributed by atoms with Gasteiger partial charge in [0.2, 0.25) is 15.9 Å². The molecule has 0 spiro atoms. The van der Waals surface area contributed by atoms with Crippen LogP contribution in [0.15, 0.2) is 59.5 Å². The third-order valence-corrected chi connectivity index (χ3v) is 6.63. The second-order valence-electron chi connectivity index (χ2n) is 7.19. The quantitative estimate of drug-likeness (QED) is 0.735. The van der Waals surface area contributed by atoms with E-state index in [9.17, 15) is 13.2 Å². The normalized spacial score (nSPS) is 15.7. The van der Waals surface area contributed by atoms with Crippen molar-refractivity contribution in [3.05, 3.63) is 65.7 Å². The SMILES string of the molecule is CC(C)c1ccc(/C=C/C(=O)Nc2cccc(S(=O)(=O)N3CCOCC3)c2)cc1. The van der Waals surface area contributed by atoms with Gasteiger partial charge in [-0.3, -0.25) is 4.79 Å². The number of sulfonamides is 1. The molecule has 1 heterocycles. The highest BCUT2D eigenvalue weighted by Gasteiger charge is 2.26. The van der Waals surface area contributed by atoms with Gasteiger partial charge in [0.15, 0.2) is 0 Å².